The van der Waals surface area contributed by atoms with Crippen molar-refractivity contribution in [2.24, 2.45) is 0 Å². The van der Waals surface area contributed by atoms with E-state index in [0.717, 1.165) is 10.0 Å². The first kappa shape index (κ1) is 17.4. The summed E-state index contributed by atoms with van der Waals surface area (Å²) in [6, 6.07) is 13.5. The van der Waals surface area contributed by atoms with Crippen molar-refractivity contribution in [3.8, 4) is 0 Å². The standard InChI is InChI=1S/C16H15BrN2O3S/c1-18-23(21,22)15-9-7-14(8-10-15)19-16(20)11-4-12-2-5-13(17)6-3-12/h2-11,18H,1H3,(H,19,20)/b11-4+. The zero-order valence-electron chi connectivity index (χ0n) is 12.3. The summed E-state index contributed by atoms with van der Waals surface area (Å²) in [5, 5.41) is 2.67. The van der Waals surface area contributed by atoms with E-state index < -0.39 is 10.0 Å². The summed E-state index contributed by atoms with van der Waals surface area (Å²) in [4.78, 5) is 12.0. The predicted octanol–water partition coefficient (Wildman–Crippen LogP) is 3.01. The second-order valence-corrected chi connectivity index (χ2v) is 7.41. The summed E-state index contributed by atoms with van der Waals surface area (Å²) in [7, 11) is -2.13. The van der Waals surface area contributed by atoms with Crippen molar-refractivity contribution in [1.82, 2.24) is 4.72 Å². The van der Waals surface area contributed by atoms with Crippen LogP contribution in [-0.4, -0.2) is 21.4 Å². The third-order valence-electron chi connectivity index (χ3n) is 3.00. The molecule has 7 heteroatoms. The van der Waals surface area contributed by atoms with Crippen LogP contribution in [0.4, 0.5) is 5.69 Å². The Bertz CT molecular complexity index is 813. The van der Waals surface area contributed by atoms with E-state index in [1.54, 1.807) is 6.08 Å². The molecule has 2 aromatic carbocycles. The minimum Gasteiger partial charge on any atom is -0.323 e. The first-order valence-corrected chi connectivity index (χ1v) is 8.96. The molecule has 2 N–H and O–H groups in total. The molecular weight excluding hydrogens is 380 g/mol. The number of anilines is 1. The van der Waals surface area contributed by atoms with Crippen LogP contribution in [0.15, 0.2) is 64.0 Å². The molecule has 2 rings (SSSR count). The van der Waals surface area contributed by atoms with Crippen molar-refractivity contribution < 1.29 is 13.2 Å². The largest absolute Gasteiger partial charge is 0.323 e. The van der Waals surface area contributed by atoms with E-state index in [4.69, 9.17) is 0 Å². The molecule has 0 aliphatic carbocycles. The highest BCUT2D eigenvalue weighted by Crippen LogP contribution is 2.14. The number of hydrogen-bond acceptors (Lipinski definition) is 3. The maximum absolute atomic E-state index is 11.9. The molecule has 0 radical (unpaired) electrons. The predicted molar refractivity (Wildman–Crippen MR) is 94.5 cm³/mol. The summed E-state index contributed by atoms with van der Waals surface area (Å²) < 4.78 is 26.4. The van der Waals surface area contributed by atoms with Gasteiger partial charge in [-0.1, -0.05) is 28.1 Å². The lowest BCUT2D eigenvalue weighted by atomic mass is 10.2. The van der Waals surface area contributed by atoms with Crippen LogP contribution in [0.2, 0.25) is 0 Å². The molecule has 1 amide bonds. The summed E-state index contributed by atoms with van der Waals surface area (Å²) in [5.41, 5.74) is 1.42. The van der Waals surface area contributed by atoms with Crippen LogP contribution in [0.1, 0.15) is 5.56 Å². The van der Waals surface area contributed by atoms with E-state index in [1.165, 1.54) is 37.4 Å². The Balaban J connectivity index is 2.01. The fraction of sp³-hybridized carbons (Fsp3) is 0.0625. The summed E-state index contributed by atoms with van der Waals surface area (Å²) in [6.07, 6.45) is 3.11. The van der Waals surface area contributed by atoms with Crippen molar-refractivity contribution in [3.05, 3.63) is 64.6 Å². The molecule has 0 spiro atoms. The van der Waals surface area contributed by atoms with Crippen molar-refractivity contribution in [2.75, 3.05) is 12.4 Å². The van der Waals surface area contributed by atoms with Crippen molar-refractivity contribution in [3.63, 3.8) is 0 Å². The number of rotatable bonds is 5. The van der Waals surface area contributed by atoms with E-state index in [-0.39, 0.29) is 10.8 Å². The van der Waals surface area contributed by atoms with Gasteiger partial charge in [0, 0.05) is 16.2 Å². The lowest BCUT2D eigenvalue weighted by Crippen LogP contribution is -2.18. The second kappa shape index (κ2) is 7.54. The monoisotopic (exact) mass is 394 g/mol. The summed E-state index contributed by atoms with van der Waals surface area (Å²) in [6.45, 7) is 0. The minimum atomic E-state index is -3.47. The van der Waals surface area contributed by atoms with E-state index in [9.17, 15) is 13.2 Å². The quantitative estimate of drug-likeness (QED) is 0.765. The van der Waals surface area contributed by atoms with Crippen LogP contribution < -0.4 is 10.0 Å². The molecule has 0 aromatic heterocycles. The average Bonchev–Trinajstić information content (AvgIpc) is 2.55. The molecule has 0 saturated carbocycles. The Morgan fingerprint density at radius 2 is 1.65 bits per heavy atom. The van der Waals surface area contributed by atoms with Crippen LogP contribution in [0.25, 0.3) is 6.08 Å². The zero-order chi connectivity index (χ0) is 16.9. The van der Waals surface area contributed by atoms with E-state index in [1.807, 2.05) is 24.3 Å². The number of carbonyl (C=O) groups is 1. The normalized spacial score (nSPS) is 11.6. The number of hydrogen-bond donors (Lipinski definition) is 2. The lowest BCUT2D eigenvalue weighted by molar-refractivity contribution is -0.111. The van der Waals surface area contributed by atoms with Crippen molar-refractivity contribution in [2.45, 2.75) is 4.90 Å². The Morgan fingerprint density at radius 3 is 2.22 bits per heavy atom. The fourth-order valence-electron chi connectivity index (χ4n) is 1.77. The second-order valence-electron chi connectivity index (χ2n) is 4.61. The van der Waals surface area contributed by atoms with Crippen LogP contribution in [-0.2, 0) is 14.8 Å². The van der Waals surface area contributed by atoms with Gasteiger partial charge in [0.15, 0.2) is 0 Å². The highest BCUT2D eigenvalue weighted by atomic mass is 79.9. The molecule has 0 heterocycles. The number of amides is 1. The third-order valence-corrected chi connectivity index (χ3v) is 4.96. The molecule has 0 saturated heterocycles. The zero-order valence-corrected chi connectivity index (χ0v) is 14.7. The van der Waals surface area contributed by atoms with Crippen LogP contribution in [0.5, 0.6) is 0 Å². The Kier molecular flexibility index (Phi) is 5.70. The first-order chi connectivity index (χ1) is 10.9. The topological polar surface area (TPSA) is 75.3 Å². The van der Waals surface area contributed by atoms with Gasteiger partial charge in [-0.25, -0.2) is 13.1 Å². The summed E-state index contributed by atoms with van der Waals surface area (Å²) >= 11 is 3.34. The highest BCUT2D eigenvalue weighted by molar-refractivity contribution is 9.10. The smallest absolute Gasteiger partial charge is 0.248 e. The maximum atomic E-state index is 11.9. The van der Waals surface area contributed by atoms with Gasteiger partial charge in [-0.2, -0.15) is 0 Å². The fourth-order valence-corrected chi connectivity index (χ4v) is 2.76. The molecule has 0 bridgehead atoms. The first-order valence-electron chi connectivity index (χ1n) is 6.69. The molecule has 5 nitrogen and oxygen atoms in total. The lowest BCUT2D eigenvalue weighted by Gasteiger charge is -2.05. The van der Waals surface area contributed by atoms with Crippen molar-refractivity contribution >= 4 is 43.6 Å². The van der Waals surface area contributed by atoms with Crippen molar-refractivity contribution in [1.29, 1.82) is 0 Å². The van der Waals surface area contributed by atoms with Gasteiger partial charge in [0.05, 0.1) is 4.90 Å². The maximum Gasteiger partial charge on any atom is 0.248 e. The van der Waals surface area contributed by atoms with Gasteiger partial charge >= 0.3 is 0 Å². The Labute approximate surface area is 143 Å². The Hall–Kier alpha value is -1.96. The minimum absolute atomic E-state index is 0.142. The molecule has 23 heavy (non-hydrogen) atoms. The van der Waals surface area contributed by atoms with Gasteiger partial charge in [0.2, 0.25) is 15.9 Å². The number of carbonyl (C=O) groups excluding carboxylic acids is 1. The summed E-state index contributed by atoms with van der Waals surface area (Å²) in [5.74, 6) is -0.294. The van der Waals surface area contributed by atoms with E-state index in [0.29, 0.717) is 5.69 Å². The van der Waals surface area contributed by atoms with Gasteiger partial charge in [0.1, 0.15) is 0 Å². The SMILES string of the molecule is CNS(=O)(=O)c1ccc(NC(=O)/C=C/c2ccc(Br)cc2)cc1. The number of sulfonamides is 1. The Morgan fingerprint density at radius 1 is 1.04 bits per heavy atom. The van der Waals surface area contributed by atoms with E-state index >= 15 is 0 Å². The van der Waals surface area contributed by atoms with E-state index in [2.05, 4.69) is 26.0 Å². The number of benzene rings is 2. The van der Waals surface area contributed by atoms with Gasteiger partial charge in [-0.15, -0.1) is 0 Å². The third kappa shape index (κ3) is 5.02. The van der Waals surface area contributed by atoms with Crippen LogP contribution in [0, 0.1) is 0 Å². The molecule has 0 unspecified atom stereocenters. The van der Waals surface area contributed by atoms with Gasteiger partial charge in [0.25, 0.3) is 0 Å². The molecule has 0 aliphatic rings. The molecule has 0 atom stereocenters. The molecule has 120 valence electrons. The molecular formula is C16H15BrN2O3S. The van der Waals surface area contributed by atoms with Crippen LogP contribution >= 0.6 is 15.9 Å². The van der Waals surface area contributed by atoms with Gasteiger partial charge in [-0.05, 0) is 55.1 Å². The average molecular weight is 395 g/mol. The van der Waals surface area contributed by atoms with Gasteiger partial charge < -0.3 is 5.32 Å². The molecule has 0 aliphatic heterocycles. The number of halogens is 1. The highest BCUT2D eigenvalue weighted by Gasteiger charge is 2.10. The molecule has 2 aromatic rings. The molecule has 0 fully saturated rings. The van der Waals surface area contributed by atoms with Crippen LogP contribution in [0.3, 0.4) is 0 Å². The number of nitrogens with one attached hydrogen (secondary N) is 2. The van der Waals surface area contributed by atoms with Gasteiger partial charge in [-0.3, -0.25) is 4.79 Å².